The van der Waals surface area contributed by atoms with E-state index in [0.29, 0.717) is 32.5 Å². The Kier molecular flexibility index (Phi) is 20.1. The molecule has 3 saturated heterocycles. The molecule has 0 radical (unpaired) electrons. The molecule has 0 saturated carbocycles. The Morgan fingerprint density at radius 1 is 0.971 bits per heavy atom. The summed E-state index contributed by atoms with van der Waals surface area (Å²) in [6.45, 7) is 19.2. The van der Waals surface area contributed by atoms with E-state index in [1.807, 2.05) is 74.9 Å². The summed E-state index contributed by atoms with van der Waals surface area (Å²) in [6.07, 6.45) is -4.10. The maximum absolute atomic E-state index is 14.5. The van der Waals surface area contributed by atoms with E-state index < -0.39 is 113 Å². The van der Waals surface area contributed by atoms with Gasteiger partial charge in [0.15, 0.2) is 17.5 Å². The van der Waals surface area contributed by atoms with Gasteiger partial charge in [-0.1, -0.05) is 38.1 Å². The Morgan fingerprint density at radius 2 is 1.64 bits per heavy atom. The third kappa shape index (κ3) is 14.0. The number of methoxy groups -OCH3 is 1. The Bertz CT molecular complexity index is 1910. The normalized spacial score (nSPS) is 40.8. The van der Waals surface area contributed by atoms with Crippen molar-refractivity contribution in [2.24, 2.45) is 17.8 Å². The molecule has 1 aromatic carbocycles. The van der Waals surface area contributed by atoms with E-state index in [9.17, 15) is 34.9 Å². The Hall–Kier alpha value is -2.34. The van der Waals surface area contributed by atoms with Gasteiger partial charge in [0.2, 0.25) is 0 Å². The molecule has 19 heteroatoms. The maximum atomic E-state index is 14.5. The molecule has 0 bridgehead atoms. The van der Waals surface area contributed by atoms with Gasteiger partial charge in [0.25, 0.3) is 0 Å². The van der Waals surface area contributed by atoms with Crippen LogP contribution in [0.15, 0.2) is 35.4 Å². The zero-order valence-corrected chi connectivity index (χ0v) is 44.4. The first kappa shape index (κ1) is 57.6. The van der Waals surface area contributed by atoms with Gasteiger partial charge < -0.3 is 68.3 Å². The summed E-state index contributed by atoms with van der Waals surface area (Å²) in [5.74, 6) is -2.77. The molecular weight excluding hydrogens is 911 g/mol. The Morgan fingerprint density at radius 3 is 2.26 bits per heavy atom. The molecule has 1 unspecified atom stereocenters. The molecule has 3 fully saturated rings. The van der Waals surface area contributed by atoms with E-state index in [1.54, 1.807) is 47.8 Å². The number of benzene rings is 1. The number of aromatic nitrogens is 3. The van der Waals surface area contributed by atoms with Crippen molar-refractivity contribution >= 4 is 17.1 Å². The third-order valence-electron chi connectivity index (χ3n) is 15.3. The van der Waals surface area contributed by atoms with Gasteiger partial charge in [0, 0.05) is 63.8 Å². The summed E-state index contributed by atoms with van der Waals surface area (Å²) < 4.78 is 51.9. The standard InChI is InChI=1S/C50H85N5O13S/c1-15-39-50(10,61)43(57)33(6)54(12)27-29(2)25-48(8,60)45(31(4)42(32(5)46(59)66-39)67-40-26-49(9,63-13)44(58)34(7)65-40)68-47-41(56)38(24-30(3)64-47)53(11)22-21-36-28-55(52-51-36)23-20-35-16-18-37(19-17-35)69(14)62/h16-19,28-34,38-45,47,56-58,60-61H,15,20-27H2,1-14H3/t29-,30-,31+,32-,33-,34+,38+,39-,40+,41-,42+,43-,44+,45-,47+,48-,49-,50-,69?/m1/s1. The molecule has 18 nitrogen and oxygen atoms in total. The van der Waals surface area contributed by atoms with Gasteiger partial charge in [-0.3, -0.25) is 9.48 Å². The van der Waals surface area contributed by atoms with Gasteiger partial charge in [0.1, 0.15) is 36.3 Å². The largest absolute Gasteiger partial charge is 0.612 e. The van der Waals surface area contributed by atoms with Crippen LogP contribution in [0.2, 0.25) is 0 Å². The number of ether oxygens (including phenoxy) is 6. The first-order chi connectivity index (χ1) is 32.2. The van der Waals surface area contributed by atoms with Crippen LogP contribution in [-0.2, 0) is 63.8 Å². The molecule has 0 amide bonds. The van der Waals surface area contributed by atoms with Crippen LogP contribution in [0.3, 0.4) is 0 Å². The molecule has 0 spiro atoms. The summed E-state index contributed by atoms with van der Waals surface area (Å²) >= 11 is -1.03. The number of hydrogen-bond donors (Lipinski definition) is 5. The number of nitrogens with zero attached hydrogens (tertiary/aromatic N) is 5. The minimum absolute atomic E-state index is 0.104. The number of aryl methyl sites for hydroxylation is 2. The van der Waals surface area contributed by atoms with Crippen molar-refractivity contribution in [2.75, 3.05) is 40.6 Å². The lowest BCUT2D eigenvalue weighted by molar-refractivity contribution is -0.318. The lowest BCUT2D eigenvalue weighted by Gasteiger charge is -2.49. The molecule has 1 aromatic heterocycles. The molecular formula is C50H85N5O13S. The number of rotatable bonds is 14. The number of esters is 1. The molecule has 5 rings (SSSR count). The highest BCUT2D eigenvalue weighted by molar-refractivity contribution is 7.90. The summed E-state index contributed by atoms with van der Waals surface area (Å²) in [4.78, 5) is 19.2. The summed E-state index contributed by atoms with van der Waals surface area (Å²) in [6, 6.07) is 6.74. The number of hydrogen-bond acceptors (Lipinski definition) is 17. The zero-order chi connectivity index (χ0) is 51.3. The number of likely N-dealkylation sites (N-methyl/N-ethyl adjacent to an activating group) is 2. The van der Waals surface area contributed by atoms with Crippen molar-refractivity contribution in [3.8, 4) is 0 Å². The maximum Gasteiger partial charge on any atom is 0.311 e. The highest BCUT2D eigenvalue weighted by atomic mass is 32.2. The first-order valence-corrected chi connectivity index (χ1v) is 26.4. The molecule has 3 aliphatic rings. The highest BCUT2D eigenvalue weighted by Crippen LogP contribution is 2.40. The van der Waals surface area contributed by atoms with E-state index in [-0.39, 0.29) is 31.3 Å². The summed E-state index contributed by atoms with van der Waals surface area (Å²) in [5, 5.41) is 68.4. The van der Waals surface area contributed by atoms with Gasteiger partial charge in [0.05, 0.1) is 47.2 Å². The predicted molar refractivity (Wildman–Crippen MR) is 259 cm³/mol. The quantitative estimate of drug-likeness (QED) is 0.135. The number of carbonyl (C=O) groups excluding carboxylic acids is 1. The van der Waals surface area contributed by atoms with E-state index in [4.69, 9.17) is 28.4 Å². The summed E-state index contributed by atoms with van der Waals surface area (Å²) in [5.41, 5.74) is -2.61. The average Bonchev–Trinajstić information content (AvgIpc) is 3.76. The van der Waals surface area contributed by atoms with Crippen LogP contribution in [0.25, 0.3) is 0 Å². The van der Waals surface area contributed by atoms with Crippen LogP contribution in [0.5, 0.6) is 0 Å². The monoisotopic (exact) mass is 996 g/mol. The van der Waals surface area contributed by atoms with Crippen LogP contribution in [0.4, 0.5) is 0 Å². The Labute approximate surface area is 413 Å². The number of cyclic esters (lactones) is 1. The van der Waals surface area contributed by atoms with Crippen LogP contribution < -0.4 is 0 Å². The first-order valence-electron chi connectivity index (χ1n) is 24.8. The van der Waals surface area contributed by atoms with Crippen molar-refractivity contribution in [1.82, 2.24) is 24.8 Å². The molecule has 4 heterocycles. The number of aliphatic hydroxyl groups excluding tert-OH is 3. The van der Waals surface area contributed by atoms with Crippen LogP contribution in [0, 0.1) is 17.8 Å². The van der Waals surface area contributed by atoms with Gasteiger partial charge in [-0.25, -0.2) is 0 Å². The van der Waals surface area contributed by atoms with Crippen LogP contribution >= 0.6 is 0 Å². The number of aliphatic hydroxyl groups is 5. The molecule has 394 valence electrons. The minimum atomic E-state index is -1.83. The molecule has 0 aliphatic carbocycles. The zero-order valence-electron chi connectivity index (χ0n) is 43.6. The lowest BCUT2D eigenvalue weighted by atomic mass is 9.77. The van der Waals surface area contributed by atoms with Gasteiger partial charge in [-0.2, -0.15) is 0 Å². The third-order valence-corrected chi connectivity index (χ3v) is 16.2. The van der Waals surface area contributed by atoms with Crippen molar-refractivity contribution in [3.63, 3.8) is 0 Å². The van der Waals surface area contributed by atoms with Crippen molar-refractivity contribution in [3.05, 3.63) is 41.7 Å². The van der Waals surface area contributed by atoms with E-state index >= 15 is 0 Å². The molecule has 5 N–H and O–H groups in total. The van der Waals surface area contributed by atoms with E-state index in [0.717, 1.165) is 22.6 Å². The van der Waals surface area contributed by atoms with Crippen molar-refractivity contribution in [2.45, 2.75) is 210 Å². The topological polar surface area (TPSA) is 234 Å². The van der Waals surface area contributed by atoms with Gasteiger partial charge in [-0.05, 0) is 123 Å². The lowest BCUT2D eigenvalue weighted by Crippen LogP contribution is -2.61. The summed E-state index contributed by atoms with van der Waals surface area (Å²) in [7, 11) is 5.28. The number of carbonyl (C=O) groups is 1. The fraction of sp³-hybridized carbons (Fsp3) is 0.820. The molecule has 69 heavy (non-hydrogen) atoms. The van der Waals surface area contributed by atoms with Crippen molar-refractivity contribution < 1.29 is 63.3 Å². The smallest absolute Gasteiger partial charge is 0.311 e. The fourth-order valence-corrected chi connectivity index (χ4v) is 11.3. The van der Waals surface area contributed by atoms with Gasteiger partial charge >= 0.3 is 5.97 Å². The SMILES string of the molecule is CC[C@H]1OC(=O)[C@H](C)[C@@H](O[C@H]2C[C@@](C)(OC)[C@@H](O)[C@H](C)O2)[C@H](C)[C@@H](O[C@@H]2O[C@H](C)C[C@H](N(C)CCc3cn(CCc4ccc([S+](C)[O-])cc4)nn3)[C@H]2O)[C@](C)(O)C[C@@H](C)CN(C)[C@H](C)[C@@H](O)[C@]1(C)O. The van der Waals surface area contributed by atoms with Crippen LogP contribution in [0.1, 0.15) is 106 Å². The molecule has 19 atom stereocenters. The fourth-order valence-electron chi connectivity index (χ4n) is 10.8. The van der Waals surface area contributed by atoms with Crippen LogP contribution in [-0.4, -0.2) is 192 Å². The molecule has 3 aliphatic heterocycles. The Balaban J connectivity index is 1.42. The second-order valence-corrected chi connectivity index (χ2v) is 22.6. The molecule has 2 aromatic rings. The second-order valence-electron chi connectivity index (χ2n) is 21.3. The van der Waals surface area contributed by atoms with Gasteiger partial charge in [-0.15, -0.1) is 5.10 Å². The van der Waals surface area contributed by atoms with E-state index in [1.165, 1.54) is 14.0 Å². The second kappa shape index (κ2) is 24.1. The minimum Gasteiger partial charge on any atom is -0.612 e. The predicted octanol–water partition coefficient (Wildman–Crippen LogP) is 3.09. The van der Waals surface area contributed by atoms with E-state index in [2.05, 4.69) is 15.2 Å². The highest BCUT2D eigenvalue weighted by Gasteiger charge is 2.53. The average molecular weight is 996 g/mol. The van der Waals surface area contributed by atoms with Crippen molar-refractivity contribution in [1.29, 1.82) is 0 Å².